The van der Waals surface area contributed by atoms with Gasteiger partial charge in [-0.3, -0.25) is 0 Å². The summed E-state index contributed by atoms with van der Waals surface area (Å²) < 4.78 is 46.4. The van der Waals surface area contributed by atoms with Crippen LogP contribution in [0.5, 0.6) is 0 Å². The van der Waals surface area contributed by atoms with Crippen molar-refractivity contribution in [3.8, 4) is 0 Å². The molecule has 4 nitrogen and oxygen atoms in total. The number of aryl methyl sites for hydroxylation is 1. The van der Waals surface area contributed by atoms with Crippen molar-refractivity contribution < 1.29 is 17.9 Å². The van der Waals surface area contributed by atoms with Crippen molar-refractivity contribution in [1.82, 2.24) is 9.97 Å². The van der Waals surface area contributed by atoms with Gasteiger partial charge in [0.05, 0.1) is 30.0 Å². The fourth-order valence-electron chi connectivity index (χ4n) is 3.41. The highest BCUT2D eigenvalue weighted by Crippen LogP contribution is 2.34. The second-order valence-electron chi connectivity index (χ2n) is 7.02. The SMILES string of the molecule is CC(F)(F)CCc1ccc([C@H]2COCN2c2ccc3[nH]cnc3c2)c(F)c1. The Morgan fingerprint density at radius 2 is 2.11 bits per heavy atom. The molecular formula is C20H20F3N3O. The molecule has 1 saturated heterocycles. The molecule has 1 N–H and O–H groups in total. The lowest BCUT2D eigenvalue weighted by Gasteiger charge is -2.25. The topological polar surface area (TPSA) is 41.1 Å². The molecule has 0 saturated carbocycles. The number of H-pyrrole nitrogens is 1. The summed E-state index contributed by atoms with van der Waals surface area (Å²) in [6.45, 7) is 1.59. The number of alkyl halides is 2. The number of rotatable bonds is 5. The van der Waals surface area contributed by atoms with Crippen LogP contribution in [-0.4, -0.2) is 29.2 Å². The van der Waals surface area contributed by atoms with Gasteiger partial charge in [0, 0.05) is 17.7 Å². The Labute approximate surface area is 155 Å². The number of fused-ring (bicyclic) bond motifs is 1. The number of hydrogen-bond donors (Lipinski definition) is 1. The van der Waals surface area contributed by atoms with Gasteiger partial charge in [0.15, 0.2) is 0 Å². The Morgan fingerprint density at radius 3 is 2.89 bits per heavy atom. The average molecular weight is 375 g/mol. The second kappa shape index (κ2) is 6.88. The van der Waals surface area contributed by atoms with Crippen molar-refractivity contribution in [2.24, 2.45) is 0 Å². The van der Waals surface area contributed by atoms with Gasteiger partial charge in [-0.05, 0) is 43.2 Å². The normalized spacial score (nSPS) is 17.8. The van der Waals surface area contributed by atoms with Gasteiger partial charge in [0.25, 0.3) is 0 Å². The van der Waals surface area contributed by atoms with Crippen LogP contribution < -0.4 is 4.90 Å². The first kappa shape index (κ1) is 17.9. The zero-order chi connectivity index (χ0) is 19.0. The van der Waals surface area contributed by atoms with Crippen molar-refractivity contribution >= 4 is 16.7 Å². The largest absolute Gasteiger partial charge is 0.359 e. The monoisotopic (exact) mass is 375 g/mol. The Bertz CT molecular complexity index is 951. The molecule has 4 rings (SSSR count). The number of halogens is 3. The second-order valence-corrected chi connectivity index (χ2v) is 7.02. The van der Waals surface area contributed by atoms with Gasteiger partial charge < -0.3 is 14.6 Å². The number of aromatic nitrogens is 2. The Kier molecular flexibility index (Phi) is 4.55. The summed E-state index contributed by atoms with van der Waals surface area (Å²) in [4.78, 5) is 9.28. The van der Waals surface area contributed by atoms with Crippen LogP contribution in [0.2, 0.25) is 0 Å². The molecule has 2 aromatic carbocycles. The molecule has 2 heterocycles. The number of nitrogens with one attached hydrogen (secondary N) is 1. The van der Waals surface area contributed by atoms with E-state index < -0.39 is 11.7 Å². The summed E-state index contributed by atoms with van der Waals surface area (Å²) in [6.07, 6.45) is 1.47. The van der Waals surface area contributed by atoms with Crippen LogP contribution in [0.1, 0.15) is 30.5 Å². The van der Waals surface area contributed by atoms with Gasteiger partial charge in [-0.1, -0.05) is 12.1 Å². The molecule has 1 aliphatic heterocycles. The standard InChI is InChI=1S/C20H20F3N3O/c1-20(22,23)7-6-13-2-4-15(16(21)8-13)19-10-27-12-26(19)14-3-5-17-18(9-14)25-11-24-17/h2-5,8-9,11,19H,6-7,10,12H2,1H3,(H,24,25)/t19-/m1/s1. The number of benzene rings is 2. The molecule has 1 fully saturated rings. The van der Waals surface area contributed by atoms with E-state index in [0.717, 1.165) is 23.6 Å². The van der Waals surface area contributed by atoms with E-state index in [1.165, 1.54) is 6.07 Å². The minimum absolute atomic E-state index is 0.140. The molecule has 1 aliphatic rings. The van der Waals surface area contributed by atoms with Gasteiger partial charge >= 0.3 is 0 Å². The van der Waals surface area contributed by atoms with Crippen LogP contribution in [0.3, 0.4) is 0 Å². The average Bonchev–Trinajstić information content (AvgIpc) is 3.27. The van der Waals surface area contributed by atoms with Gasteiger partial charge in [0.2, 0.25) is 5.92 Å². The minimum atomic E-state index is -2.75. The van der Waals surface area contributed by atoms with Crippen LogP contribution in [-0.2, 0) is 11.2 Å². The van der Waals surface area contributed by atoms with Crippen molar-refractivity contribution in [2.75, 3.05) is 18.2 Å². The molecule has 1 atom stereocenters. The molecule has 1 aromatic heterocycles. The van der Waals surface area contributed by atoms with E-state index in [4.69, 9.17) is 4.74 Å². The maximum absolute atomic E-state index is 14.7. The van der Waals surface area contributed by atoms with Crippen molar-refractivity contribution in [3.63, 3.8) is 0 Å². The molecule has 0 amide bonds. The van der Waals surface area contributed by atoms with Crippen molar-refractivity contribution in [3.05, 3.63) is 59.7 Å². The van der Waals surface area contributed by atoms with Crippen LogP contribution in [0, 0.1) is 5.82 Å². The van der Waals surface area contributed by atoms with Crippen molar-refractivity contribution in [1.29, 1.82) is 0 Å². The predicted octanol–water partition coefficient (Wildman–Crippen LogP) is 4.83. The number of imidazole rings is 1. The lowest BCUT2D eigenvalue weighted by Crippen LogP contribution is -2.24. The molecule has 0 aliphatic carbocycles. The lowest BCUT2D eigenvalue weighted by molar-refractivity contribution is 0.0133. The Morgan fingerprint density at radius 1 is 1.26 bits per heavy atom. The van der Waals surface area contributed by atoms with Crippen LogP contribution in [0.4, 0.5) is 18.9 Å². The van der Waals surface area contributed by atoms with E-state index in [1.807, 2.05) is 23.1 Å². The van der Waals surface area contributed by atoms with E-state index in [0.29, 0.717) is 24.5 Å². The van der Waals surface area contributed by atoms with Gasteiger partial charge in [-0.2, -0.15) is 0 Å². The fraction of sp³-hybridized carbons (Fsp3) is 0.350. The van der Waals surface area contributed by atoms with Crippen LogP contribution in [0.15, 0.2) is 42.7 Å². The number of hydrogen-bond acceptors (Lipinski definition) is 3. The zero-order valence-electron chi connectivity index (χ0n) is 14.9. The molecule has 7 heteroatoms. The van der Waals surface area contributed by atoms with Crippen molar-refractivity contribution in [2.45, 2.75) is 31.7 Å². The molecule has 27 heavy (non-hydrogen) atoms. The number of anilines is 1. The quantitative estimate of drug-likeness (QED) is 0.695. The van der Waals surface area contributed by atoms with E-state index in [2.05, 4.69) is 9.97 Å². The fourth-order valence-corrected chi connectivity index (χ4v) is 3.41. The van der Waals surface area contributed by atoms with Gasteiger partial charge in [0.1, 0.15) is 12.5 Å². The van der Waals surface area contributed by atoms with Gasteiger partial charge in [-0.25, -0.2) is 18.2 Å². The molecule has 0 unspecified atom stereocenters. The summed E-state index contributed by atoms with van der Waals surface area (Å²) in [6, 6.07) is 10.3. The highest BCUT2D eigenvalue weighted by molar-refractivity contribution is 5.79. The Hall–Kier alpha value is -2.54. The summed E-state index contributed by atoms with van der Waals surface area (Å²) in [5, 5.41) is 0. The summed E-state index contributed by atoms with van der Waals surface area (Å²) in [5.74, 6) is -3.15. The molecular weight excluding hydrogens is 355 g/mol. The summed E-state index contributed by atoms with van der Waals surface area (Å²) in [7, 11) is 0. The van der Waals surface area contributed by atoms with E-state index in [1.54, 1.807) is 18.5 Å². The Balaban J connectivity index is 1.58. The summed E-state index contributed by atoms with van der Waals surface area (Å²) >= 11 is 0. The van der Waals surface area contributed by atoms with Crippen LogP contribution >= 0.6 is 0 Å². The van der Waals surface area contributed by atoms with E-state index >= 15 is 0 Å². The maximum Gasteiger partial charge on any atom is 0.245 e. The smallest absolute Gasteiger partial charge is 0.245 e. The first-order chi connectivity index (χ1) is 12.9. The van der Waals surface area contributed by atoms with Crippen LogP contribution in [0.25, 0.3) is 11.0 Å². The first-order valence-electron chi connectivity index (χ1n) is 8.84. The maximum atomic E-state index is 14.7. The van der Waals surface area contributed by atoms with E-state index in [9.17, 15) is 13.2 Å². The number of nitrogens with zero attached hydrogens (tertiary/aromatic N) is 2. The third kappa shape index (κ3) is 3.78. The first-order valence-corrected chi connectivity index (χ1v) is 8.84. The third-order valence-electron chi connectivity index (χ3n) is 4.90. The minimum Gasteiger partial charge on any atom is -0.359 e. The third-order valence-corrected chi connectivity index (χ3v) is 4.90. The number of aromatic amines is 1. The molecule has 142 valence electrons. The zero-order valence-corrected chi connectivity index (χ0v) is 14.9. The number of ether oxygens (including phenoxy) is 1. The van der Waals surface area contributed by atoms with E-state index in [-0.39, 0.29) is 18.9 Å². The highest BCUT2D eigenvalue weighted by atomic mass is 19.3. The molecule has 0 spiro atoms. The van der Waals surface area contributed by atoms with Gasteiger partial charge in [-0.15, -0.1) is 0 Å². The lowest BCUT2D eigenvalue weighted by atomic mass is 10.0. The highest BCUT2D eigenvalue weighted by Gasteiger charge is 2.30. The molecule has 0 bridgehead atoms. The predicted molar refractivity (Wildman–Crippen MR) is 97.5 cm³/mol. The molecule has 3 aromatic rings. The summed E-state index contributed by atoms with van der Waals surface area (Å²) in [5.41, 5.74) is 3.72. The molecule has 0 radical (unpaired) electrons.